The molecule has 1 amide bonds. The quantitative estimate of drug-likeness (QED) is 0.336. The number of nitrogens with one attached hydrogen (secondary N) is 1. The Morgan fingerprint density at radius 2 is 1.95 bits per heavy atom. The SMILES string of the molecule is CC(O[Si](C)(C)C(C)(C)C)c1nc(-c2ccc(CC(CNC(=O)CN3CCC3)/N=C/B=O)cc2)cn1C. The first kappa shape index (κ1) is 29.1. The second-order valence-electron chi connectivity index (χ2n) is 11.5. The normalized spacial score (nSPS) is 16.3. The standard InChI is InChI=1S/C27H42BN5O3Si/c1-20(36-37(6,7)27(2,3)4)26-31-24(17-32(26)5)22-11-9-21(10-12-22)15-23(30-19-28-35)16-29-25(34)18-33-13-8-14-33/h9-12,17,19-20,23H,8,13-16,18H2,1-7H3,(H,29,34)/b30-19+. The summed E-state index contributed by atoms with van der Waals surface area (Å²) in [6.07, 6.45) is 4.99. The monoisotopic (exact) mass is 523 g/mol. The van der Waals surface area contributed by atoms with E-state index in [0.717, 1.165) is 42.2 Å². The van der Waals surface area contributed by atoms with E-state index in [1.54, 1.807) is 0 Å². The average Bonchev–Trinajstić information content (AvgIpc) is 3.19. The van der Waals surface area contributed by atoms with Gasteiger partial charge in [-0.2, -0.15) is 0 Å². The van der Waals surface area contributed by atoms with Crippen LogP contribution in [-0.4, -0.2) is 74.2 Å². The Morgan fingerprint density at radius 1 is 1.27 bits per heavy atom. The minimum atomic E-state index is -1.91. The number of likely N-dealkylation sites (tertiary alicyclic amines) is 1. The second-order valence-corrected chi connectivity index (χ2v) is 16.3. The molecule has 1 aromatic heterocycles. The Morgan fingerprint density at radius 3 is 2.51 bits per heavy atom. The van der Waals surface area contributed by atoms with Crippen LogP contribution in [0.4, 0.5) is 0 Å². The van der Waals surface area contributed by atoms with Crippen LogP contribution in [0.5, 0.6) is 0 Å². The van der Waals surface area contributed by atoms with Crippen LogP contribution in [0.3, 0.4) is 0 Å². The van der Waals surface area contributed by atoms with Crippen LogP contribution in [0, 0.1) is 0 Å². The molecule has 1 fully saturated rings. The Hall–Kier alpha value is -2.43. The molecule has 37 heavy (non-hydrogen) atoms. The summed E-state index contributed by atoms with van der Waals surface area (Å²) >= 11 is 0. The number of rotatable bonds is 12. The molecule has 0 spiro atoms. The third kappa shape index (κ3) is 8.03. The Kier molecular flexibility index (Phi) is 9.77. The summed E-state index contributed by atoms with van der Waals surface area (Å²) in [5, 5.41) is 3.10. The van der Waals surface area contributed by atoms with E-state index in [1.165, 1.54) is 6.11 Å². The molecule has 1 aliphatic rings. The van der Waals surface area contributed by atoms with Crippen LogP contribution >= 0.6 is 0 Å². The number of nitrogens with zero attached hydrogens (tertiary/aromatic N) is 4. The maximum atomic E-state index is 12.2. The molecule has 8 nitrogen and oxygen atoms in total. The number of carbonyl (C=O) groups excluding carboxylic acids is 1. The van der Waals surface area contributed by atoms with Gasteiger partial charge in [-0.3, -0.25) is 0 Å². The van der Waals surface area contributed by atoms with Gasteiger partial charge in [0.1, 0.15) is 0 Å². The minimum absolute atomic E-state index is 0.000862. The molecule has 1 aromatic carbocycles. The first-order valence-corrected chi connectivity index (χ1v) is 16.1. The number of hydrogen-bond acceptors (Lipinski definition) is 6. The van der Waals surface area contributed by atoms with Crippen molar-refractivity contribution >= 4 is 27.5 Å². The molecular weight excluding hydrogens is 481 g/mol. The van der Waals surface area contributed by atoms with Crippen molar-refractivity contribution in [2.45, 2.75) is 70.8 Å². The molecule has 2 unspecified atom stereocenters. The van der Waals surface area contributed by atoms with Crippen molar-refractivity contribution in [1.82, 2.24) is 19.8 Å². The van der Waals surface area contributed by atoms with Crippen molar-refractivity contribution in [1.29, 1.82) is 0 Å². The van der Waals surface area contributed by atoms with E-state index in [2.05, 4.69) is 80.3 Å². The van der Waals surface area contributed by atoms with E-state index in [-0.39, 0.29) is 23.1 Å². The van der Waals surface area contributed by atoms with Gasteiger partial charge in [0, 0.05) is 0 Å². The van der Waals surface area contributed by atoms with Crippen LogP contribution in [0.15, 0.2) is 35.5 Å². The first-order chi connectivity index (χ1) is 17.4. The van der Waals surface area contributed by atoms with Gasteiger partial charge in [-0.1, -0.05) is 20.8 Å². The molecule has 0 bridgehead atoms. The number of amides is 1. The zero-order valence-electron chi connectivity index (χ0n) is 23.5. The third-order valence-corrected chi connectivity index (χ3v) is 12.0. The molecule has 200 valence electrons. The zero-order valence-corrected chi connectivity index (χ0v) is 24.5. The number of aliphatic imine (C=N–C) groups is 1. The van der Waals surface area contributed by atoms with Crippen molar-refractivity contribution in [3.05, 3.63) is 41.9 Å². The molecule has 0 aliphatic carbocycles. The molecule has 1 aliphatic heterocycles. The summed E-state index contributed by atoms with van der Waals surface area (Å²) in [7, 11) is 0.771. The average molecular weight is 524 g/mol. The fourth-order valence-electron chi connectivity index (χ4n) is 4.12. The van der Waals surface area contributed by atoms with Gasteiger partial charge in [0.25, 0.3) is 0 Å². The van der Waals surface area contributed by atoms with Crippen LogP contribution in [-0.2, 0) is 27.4 Å². The van der Waals surface area contributed by atoms with E-state index < -0.39 is 8.32 Å². The number of carbonyl (C=O) groups is 1. The fourth-order valence-corrected chi connectivity index (χ4v) is 5.46. The number of aryl methyl sites for hydroxylation is 1. The molecule has 2 heterocycles. The molecule has 3 rings (SSSR count). The van der Waals surface area contributed by atoms with Gasteiger partial charge >= 0.3 is 165 Å². The Bertz CT molecular complexity index is 1090. The van der Waals surface area contributed by atoms with Crippen LogP contribution < -0.4 is 5.32 Å². The maximum absolute atomic E-state index is 12.2. The molecule has 2 atom stereocenters. The summed E-state index contributed by atoms with van der Waals surface area (Å²) in [4.78, 5) is 23.5. The van der Waals surface area contributed by atoms with Gasteiger partial charge in [0.05, 0.1) is 0 Å². The molecule has 0 radical (unpaired) electrons. The van der Waals surface area contributed by atoms with Crippen molar-refractivity contribution in [2.24, 2.45) is 12.0 Å². The van der Waals surface area contributed by atoms with Gasteiger partial charge in [-0.25, -0.2) is 0 Å². The fraction of sp³-hybridized carbons (Fsp3) is 0.593. The molecule has 1 saturated heterocycles. The molecule has 10 heteroatoms. The van der Waals surface area contributed by atoms with Crippen molar-refractivity contribution < 1.29 is 13.9 Å². The third-order valence-electron chi connectivity index (χ3n) is 7.48. The Balaban J connectivity index is 1.64. The molecular formula is C27H42BN5O3Si. The summed E-state index contributed by atoms with van der Waals surface area (Å²) in [6.45, 7) is 16.1. The van der Waals surface area contributed by atoms with Gasteiger partial charge in [0.2, 0.25) is 0 Å². The number of hydrogen-bond donors (Lipinski definition) is 1. The van der Waals surface area contributed by atoms with Crippen molar-refractivity contribution in [2.75, 3.05) is 26.2 Å². The van der Waals surface area contributed by atoms with E-state index >= 15 is 0 Å². The summed E-state index contributed by atoms with van der Waals surface area (Å²) in [5.74, 6) is 0.917. The Labute approximate surface area is 223 Å². The van der Waals surface area contributed by atoms with Gasteiger partial charge in [0.15, 0.2) is 8.32 Å². The zero-order chi connectivity index (χ0) is 27.2. The van der Waals surface area contributed by atoms with E-state index in [9.17, 15) is 9.50 Å². The van der Waals surface area contributed by atoms with E-state index in [4.69, 9.17) is 9.41 Å². The van der Waals surface area contributed by atoms with Crippen LogP contribution in [0.1, 0.15) is 51.6 Å². The van der Waals surface area contributed by atoms with Crippen molar-refractivity contribution in [3.63, 3.8) is 0 Å². The van der Waals surface area contributed by atoms with Crippen molar-refractivity contribution in [3.8, 4) is 11.3 Å². The topological polar surface area (TPSA) is 88.8 Å². The first-order valence-electron chi connectivity index (χ1n) is 13.2. The molecule has 2 aromatic rings. The van der Waals surface area contributed by atoms with Gasteiger partial charge < -0.3 is 4.43 Å². The van der Waals surface area contributed by atoms with Crippen LogP contribution in [0.2, 0.25) is 18.1 Å². The summed E-state index contributed by atoms with van der Waals surface area (Å²) in [5.41, 5.74) is 3.02. The number of aromatic nitrogens is 2. The summed E-state index contributed by atoms with van der Waals surface area (Å²) in [6, 6.07) is 8.04. The predicted molar refractivity (Wildman–Crippen MR) is 152 cm³/mol. The van der Waals surface area contributed by atoms with Crippen LogP contribution in [0.25, 0.3) is 11.3 Å². The van der Waals surface area contributed by atoms with Gasteiger partial charge in [-0.15, -0.1) is 0 Å². The van der Waals surface area contributed by atoms with Gasteiger partial charge in [-0.05, 0) is 25.1 Å². The van der Waals surface area contributed by atoms with E-state index in [0.29, 0.717) is 26.7 Å². The number of benzene rings is 1. The molecule has 0 saturated carbocycles. The predicted octanol–water partition coefficient (Wildman–Crippen LogP) is 3.98. The second kappa shape index (κ2) is 12.4. The molecule has 1 N–H and O–H groups in total. The number of imidazole rings is 1. The van der Waals surface area contributed by atoms with E-state index in [1.807, 2.05) is 17.8 Å². The summed E-state index contributed by atoms with van der Waals surface area (Å²) < 4.78 is 19.5.